The second kappa shape index (κ2) is 5.15. The number of fused-ring (bicyclic) bond motifs is 1. The van der Waals surface area contributed by atoms with Crippen LogP contribution < -0.4 is 4.90 Å². The number of aromatic nitrogens is 3. The van der Waals surface area contributed by atoms with Crippen LogP contribution in [-0.2, 0) is 13.0 Å². The molecule has 3 aromatic rings. The number of thiazole rings is 1. The predicted molar refractivity (Wildman–Crippen MR) is 86.9 cm³/mol. The molecule has 0 unspecified atom stereocenters. The van der Waals surface area contributed by atoms with Gasteiger partial charge in [0.25, 0.3) is 0 Å². The summed E-state index contributed by atoms with van der Waals surface area (Å²) in [4.78, 5) is 11.5. The fourth-order valence-electron chi connectivity index (χ4n) is 2.94. The van der Waals surface area contributed by atoms with Gasteiger partial charge in [-0.15, -0.1) is 0 Å². The molecule has 3 heterocycles. The predicted octanol–water partition coefficient (Wildman–Crippen LogP) is 3.19. The third-order valence-corrected chi connectivity index (χ3v) is 5.18. The molecule has 4 rings (SSSR count). The third-order valence-electron chi connectivity index (χ3n) is 4.08. The summed E-state index contributed by atoms with van der Waals surface area (Å²) >= 11 is 1.79. The lowest BCUT2D eigenvalue weighted by Gasteiger charge is -2.39. The standard InChI is InChI=1S/C16H18N4S/c1-2-15-17-7-8-19(15)9-12-10-20(11-12)16-18-13-5-3-4-6-14(13)21-16/h3-8,12H,2,9-11H2,1H3. The largest absolute Gasteiger partial charge is 0.347 e. The van der Waals surface area contributed by atoms with Crippen molar-refractivity contribution >= 4 is 26.7 Å². The summed E-state index contributed by atoms with van der Waals surface area (Å²) in [5, 5.41) is 1.16. The highest BCUT2D eigenvalue weighted by Crippen LogP contribution is 2.33. The van der Waals surface area contributed by atoms with Crippen molar-refractivity contribution in [2.24, 2.45) is 5.92 Å². The number of imidazole rings is 1. The van der Waals surface area contributed by atoms with Gasteiger partial charge in [-0.3, -0.25) is 0 Å². The van der Waals surface area contributed by atoms with Crippen LogP contribution in [0, 0.1) is 5.92 Å². The van der Waals surface area contributed by atoms with E-state index in [1.807, 2.05) is 6.20 Å². The summed E-state index contributed by atoms with van der Waals surface area (Å²) in [6.45, 7) is 5.43. The maximum atomic E-state index is 4.73. The first kappa shape index (κ1) is 12.8. The second-order valence-electron chi connectivity index (χ2n) is 5.58. The molecule has 21 heavy (non-hydrogen) atoms. The topological polar surface area (TPSA) is 34.0 Å². The van der Waals surface area contributed by atoms with Gasteiger partial charge in [0.2, 0.25) is 0 Å². The Morgan fingerprint density at radius 1 is 1.29 bits per heavy atom. The van der Waals surface area contributed by atoms with E-state index in [0.29, 0.717) is 5.92 Å². The van der Waals surface area contributed by atoms with Gasteiger partial charge >= 0.3 is 0 Å². The number of hydrogen-bond acceptors (Lipinski definition) is 4. The van der Waals surface area contributed by atoms with Crippen molar-refractivity contribution in [3.05, 3.63) is 42.5 Å². The zero-order valence-corrected chi connectivity index (χ0v) is 12.9. The zero-order chi connectivity index (χ0) is 14.2. The number of anilines is 1. The lowest BCUT2D eigenvalue weighted by atomic mass is 10.0. The highest BCUT2D eigenvalue weighted by atomic mass is 32.1. The summed E-state index contributed by atoms with van der Waals surface area (Å²) in [7, 11) is 0. The molecule has 108 valence electrons. The van der Waals surface area contributed by atoms with E-state index >= 15 is 0 Å². The Morgan fingerprint density at radius 3 is 2.95 bits per heavy atom. The molecular weight excluding hydrogens is 280 g/mol. The fraction of sp³-hybridized carbons (Fsp3) is 0.375. The Labute approximate surface area is 128 Å². The van der Waals surface area contributed by atoms with Crippen LogP contribution in [0.1, 0.15) is 12.7 Å². The lowest BCUT2D eigenvalue weighted by Crippen LogP contribution is -2.48. The molecule has 0 saturated carbocycles. The van der Waals surface area contributed by atoms with Crippen LogP contribution in [0.25, 0.3) is 10.2 Å². The molecule has 0 atom stereocenters. The Kier molecular flexibility index (Phi) is 3.15. The molecule has 1 saturated heterocycles. The molecule has 0 N–H and O–H groups in total. The van der Waals surface area contributed by atoms with Crippen molar-refractivity contribution in [1.82, 2.24) is 14.5 Å². The molecule has 0 bridgehead atoms. The van der Waals surface area contributed by atoms with E-state index in [2.05, 4.69) is 51.8 Å². The van der Waals surface area contributed by atoms with Crippen molar-refractivity contribution in [2.75, 3.05) is 18.0 Å². The minimum Gasteiger partial charge on any atom is -0.347 e. The van der Waals surface area contributed by atoms with Gasteiger partial charge in [0, 0.05) is 44.4 Å². The molecule has 1 aromatic carbocycles. The summed E-state index contributed by atoms with van der Waals surface area (Å²) in [6, 6.07) is 8.36. The normalized spacial score (nSPS) is 15.6. The molecule has 4 nitrogen and oxygen atoms in total. The molecule has 0 amide bonds. The highest BCUT2D eigenvalue weighted by molar-refractivity contribution is 7.22. The maximum Gasteiger partial charge on any atom is 0.186 e. The van der Waals surface area contributed by atoms with E-state index < -0.39 is 0 Å². The first-order valence-corrected chi connectivity index (χ1v) is 8.25. The number of nitrogens with zero attached hydrogens (tertiary/aromatic N) is 4. The molecule has 1 fully saturated rings. The highest BCUT2D eigenvalue weighted by Gasteiger charge is 2.29. The minimum atomic E-state index is 0.705. The molecule has 1 aliphatic heterocycles. The summed E-state index contributed by atoms with van der Waals surface area (Å²) < 4.78 is 3.57. The number of para-hydroxylation sites is 1. The molecule has 5 heteroatoms. The first-order chi connectivity index (χ1) is 10.3. The van der Waals surface area contributed by atoms with Crippen molar-refractivity contribution < 1.29 is 0 Å². The minimum absolute atomic E-state index is 0.705. The van der Waals surface area contributed by atoms with Gasteiger partial charge in [-0.1, -0.05) is 30.4 Å². The van der Waals surface area contributed by atoms with Crippen LogP contribution in [-0.4, -0.2) is 27.6 Å². The summed E-state index contributed by atoms with van der Waals surface area (Å²) in [6.07, 6.45) is 5.00. The number of rotatable bonds is 4. The van der Waals surface area contributed by atoms with Gasteiger partial charge in [0.05, 0.1) is 10.2 Å². The van der Waals surface area contributed by atoms with Gasteiger partial charge < -0.3 is 9.47 Å². The summed E-state index contributed by atoms with van der Waals surface area (Å²) in [5.41, 5.74) is 1.11. The van der Waals surface area contributed by atoms with Crippen LogP contribution in [0.4, 0.5) is 5.13 Å². The van der Waals surface area contributed by atoms with Crippen LogP contribution in [0.3, 0.4) is 0 Å². The van der Waals surface area contributed by atoms with Crippen molar-refractivity contribution in [3.8, 4) is 0 Å². The average molecular weight is 298 g/mol. The van der Waals surface area contributed by atoms with E-state index in [4.69, 9.17) is 4.98 Å². The second-order valence-corrected chi connectivity index (χ2v) is 6.59. The van der Waals surface area contributed by atoms with E-state index in [0.717, 1.165) is 36.7 Å². The van der Waals surface area contributed by atoms with E-state index in [1.54, 1.807) is 11.3 Å². The Morgan fingerprint density at radius 2 is 2.14 bits per heavy atom. The molecule has 1 aliphatic rings. The SMILES string of the molecule is CCc1nccn1CC1CN(c2nc3ccccc3s2)C1. The Balaban J connectivity index is 1.42. The molecule has 2 aromatic heterocycles. The van der Waals surface area contributed by atoms with Crippen LogP contribution in [0.5, 0.6) is 0 Å². The van der Waals surface area contributed by atoms with E-state index in [1.165, 1.54) is 10.5 Å². The number of hydrogen-bond donors (Lipinski definition) is 0. The Hall–Kier alpha value is -1.88. The number of aryl methyl sites for hydroxylation is 1. The monoisotopic (exact) mass is 298 g/mol. The molecule has 0 spiro atoms. The Bertz CT molecular complexity index is 721. The van der Waals surface area contributed by atoms with Gasteiger partial charge in [-0.25, -0.2) is 9.97 Å². The maximum absolute atomic E-state index is 4.73. The molecule has 0 aliphatic carbocycles. The fourth-order valence-corrected chi connectivity index (χ4v) is 3.92. The summed E-state index contributed by atoms with van der Waals surface area (Å²) in [5.74, 6) is 1.89. The van der Waals surface area contributed by atoms with Crippen molar-refractivity contribution in [1.29, 1.82) is 0 Å². The van der Waals surface area contributed by atoms with Crippen molar-refractivity contribution in [2.45, 2.75) is 19.9 Å². The smallest absolute Gasteiger partial charge is 0.186 e. The van der Waals surface area contributed by atoms with Crippen molar-refractivity contribution in [3.63, 3.8) is 0 Å². The van der Waals surface area contributed by atoms with E-state index in [9.17, 15) is 0 Å². The van der Waals surface area contributed by atoms with E-state index in [-0.39, 0.29) is 0 Å². The van der Waals surface area contributed by atoms with Crippen LogP contribution in [0.15, 0.2) is 36.7 Å². The molecule has 0 radical (unpaired) electrons. The zero-order valence-electron chi connectivity index (χ0n) is 12.1. The van der Waals surface area contributed by atoms with Gasteiger partial charge in [0.1, 0.15) is 5.82 Å². The average Bonchev–Trinajstić information content (AvgIpc) is 3.07. The van der Waals surface area contributed by atoms with Gasteiger partial charge in [-0.2, -0.15) is 0 Å². The first-order valence-electron chi connectivity index (χ1n) is 7.44. The molecular formula is C16H18N4S. The van der Waals surface area contributed by atoms with Crippen LogP contribution in [0.2, 0.25) is 0 Å². The number of benzene rings is 1. The van der Waals surface area contributed by atoms with Crippen LogP contribution >= 0.6 is 11.3 Å². The van der Waals surface area contributed by atoms with Gasteiger partial charge in [-0.05, 0) is 12.1 Å². The third kappa shape index (κ3) is 2.31. The van der Waals surface area contributed by atoms with Gasteiger partial charge in [0.15, 0.2) is 5.13 Å². The quantitative estimate of drug-likeness (QED) is 0.742. The lowest BCUT2D eigenvalue weighted by molar-refractivity contribution is 0.353.